The van der Waals surface area contributed by atoms with Crippen molar-refractivity contribution in [3.8, 4) is 0 Å². The van der Waals surface area contributed by atoms with Crippen LogP contribution in [0.2, 0.25) is 0 Å². The quantitative estimate of drug-likeness (QED) is 0.877. The van der Waals surface area contributed by atoms with Crippen LogP contribution >= 0.6 is 0 Å². The largest absolute Gasteiger partial charge is 0.351 e. The number of H-pyrrole nitrogens is 1. The van der Waals surface area contributed by atoms with Crippen molar-refractivity contribution < 1.29 is 9.18 Å². The zero-order chi connectivity index (χ0) is 18.0. The molecule has 3 rings (SSSR count). The fourth-order valence-electron chi connectivity index (χ4n) is 3.53. The van der Waals surface area contributed by atoms with E-state index in [9.17, 15) is 18.8 Å². The Kier molecular flexibility index (Phi) is 4.57. The molecular weight excluding hydrogens is 325 g/mol. The third kappa shape index (κ3) is 3.14. The van der Waals surface area contributed by atoms with Gasteiger partial charge in [0.2, 0.25) is 5.91 Å². The van der Waals surface area contributed by atoms with Crippen LogP contribution < -0.4 is 16.6 Å². The van der Waals surface area contributed by atoms with Crippen molar-refractivity contribution in [3.63, 3.8) is 0 Å². The van der Waals surface area contributed by atoms with Gasteiger partial charge in [-0.3, -0.25) is 14.6 Å². The second kappa shape index (κ2) is 6.66. The Morgan fingerprint density at radius 1 is 1.28 bits per heavy atom. The highest BCUT2D eigenvalue weighted by molar-refractivity contribution is 5.88. The van der Waals surface area contributed by atoms with Crippen LogP contribution in [0.4, 0.5) is 4.39 Å². The summed E-state index contributed by atoms with van der Waals surface area (Å²) in [5.41, 5.74) is -1.27. The lowest BCUT2D eigenvalue weighted by Gasteiger charge is -2.28. The lowest BCUT2D eigenvalue weighted by molar-refractivity contribution is -0.126. The molecule has 1 heterocycles. The molecule has 2 aromatic rings. The third-order valence-electron chi connectivity index (χ3n) is 4.90. The summed E-state index contributed by atoms with van der Waals surface area (Å²) in [5.74, 6) is -0.678. The second-order valence-electron chi connectivity index (χ2n) is 6.48. The topological polar surface area (TPSA) is 84.0 Å². The normalized spacial score (nSPS) is 15.9. The van der Waals surface area contributed by atoms with Gasteiger partial charge in [-0.2, -0.15) is 0 Å². The summed E-state index contributed by atoms with van der Waals surface area (Å²) in [6.07, 6.45) is 4.24. The van der Waals surface area contributed by atoms with Crippen LogP contribution in [0, 0.1) is 5.82 Å². The second-order valence-corrected chi connectivity index (χ2v) is 6.48. The number of nitrogens with zero attached hydrogens (tertiary/aromatic N) is 1. The fraction of sp³-hybridized carbons (Fsp3) is 0.389. The van der Waals surface area contributed by atoms with Gasteiger partial charge in [-0.25, -0.2) is 9.18 Å². The fourth-order valence-corrected chi connectivity index (χ4v) is 3.53. The van der Waals surface area contributed by atoms with Gasteiger partial charge in [0.15, 0.2) is 0 Å². The average Bonchev–Trinajstić information content (AvgIpc) is 3.08. The van der Waals surface area contributed by atoms with Crippen LogP contribution in [0.25, 0.3) is 0 Å². The molecule has 1 amide bonds. The van der Waals surface area contributed by atoms with Crippen LogP contribution in [-0.2, 0) is 23.8 Å². The first-order valence-electron chi connectivity index (χ1n) is 8.26. The van der Waals surface area contributed by atoms with Crippen LogP contribution in [0.15, 0.2) is 40.1 Å². The van der Waals surface area contributed by atoms with Gasteiger partial charge in [-0.05, 0) is 18.9 Å². The number of hydrogen-bond acceptors (Lipinski definition) is 3. The van der Waals surface area contributed by atoms with E-state index in [1.165, 1.54) is 23.9 Å². The number of carbonyl (C=O) groups is 1. The number of carbonyl (C=O) groups excluding carboxylic acids is 1. The van der Waals surface area contributed by atoms with Crippen molar-refractivity contribution in [1.29, 1.82) is 0 Å². The maximum atomic E-state index is 14.3. The Labute approximate surface area is 143 Å². The van der Waals surface area contributed by atoms with Crippen molar-refractivity contribution in [2.75, 3.05) is 0 Å². The Morgan fingerprint density at radius 3 is 2.64 bits per heavy atom. The SMILES string of the molecule is Cn1cc(CNC(=O)C2(c3ccccc3F)CCCC2)c(=O)[nH]c1=O. The van der Waals surface area contributed by atoms with Gasteiger partial charge in [0.25, 0.3) is 5.56 Å². The van der Waals surface area contributed by atoms with Gasteiger partial charge in [0, 0.05) is 25.4 Å². The smallest absolute Gasteiger partial charge is 0.328 e. The molecule has 1 aromatic heterocycles. The van der Waals surface area contributed by atoms with E-state index in [1.807, 2.05) is 0 Å². The molecule has 0 aliphatic heterocycles. The van der Waals surface area contributed by atoms with Gasteiger partial charge in [-0.15, -0.1) is 0 Å². The number of aryl methyl sites for hydroxylation is 1. The zero-order valence-electron chi connectivity index (χ0n) is 14.0. The van der Waals surface area contributed by atoms with Crippen molar-refractivity contribution in [2.45, 2.75) is 37.6 Å². The Bertz CT molecular complexity index is 910. The number of amides is 1. The van der Waals surface area contributed by atoms with E-state index in [4.69, 9.17) is 0 Å². The summed E-state index contributed by atoms with van der Waals surface area (Å²) in [5, 5.41) is 2.75. The summed E-state index contributed by atoms with van der Waals surface area (Å²) in [6, 6.07) is 6.34. The van der Waals surface area contributed by atoms with Gasteiger partial charge in [-0.1, -0.05) is 31.0 Å². The number of halogens is 1. The molecule has 25 heavy (non-hydrogen) atoms. The number of aromatic amines is 1. The zero-order valence-corrected chi connectivity index (χ0v) is 14.0. The Morgan fingerprint density at radius 2 is 1.96 bits per heavy atom. The highest BCUT2D eigenvalue weighted by atomic mass is 19.1. The van der Waals surface area contributed by atoms with E-state index < -0.39 is 16.7 Å². The standard InChI is InChI=1S/C18H20FN3O3/c1-22-11-12(15(23)21-17(22)25)10-20-16(24)18(8-4-5-9-18)13-6-2-3-7-14(13)19/h2-3,6-7,11H,4-5,8-10H2,1H3,(H,20,24)(H,21,23,25). The van der Waals surface area contributed by atoms with Crippen molar-refractivity contribution in [1.82, 2.24) is 14.9 Å². The van der Waals surface area contributed by atoms with E-state index in [-0.39, 0.29) is 23.8 Å². The monoisotopic (exact) mass is 345 g/mol. The van der Waals surface area contributed by atoms with E-state index in [0.29, 0.717) is 18.4 Å². The van der Waals surface area contributed by atoms with Crippen LogP contribution in [0.5, 0.6) is 0 Å². The predicted octanol–water partition coefficient (Wildman–Crippen LogP) is 1.34. The minimum atomic E-state index is -0.904. The van der Waals surface area contributed by atoms with E-state index in [1.54, 1.807) is 18.2 Å². The molecule has 132 valence electrons. The van der Waals surface area contributed by atoms with Gasteiger partial charge >= 0.3 is 5.69 Å². The molecule has 0 radical (unpaired) electrons. The molecule has 1 saturated carbocycles. The number of hydrogen-bond donors (Lipinski definition) is 2. The Balaban J connectivity index is 1.86. The number of rotatable bonds is 4. The summed E-state index contributed by atoms with van der Waals surface area (Å²) in [4.78, 5) is 38.3. The van der Waals surface area contributed by atoms with Gasteiger partial charge in [0.05, 0.1) is 11.0 Å². The molecule has 0 spiro atoms. The first kappa shape index (κ1) is 17.1. The lowest BCUT2D eigenvalue weighted by Crippen LogP contribution is -2.44. The van der Waals surface area contributed by atoms with E-state index in [2.05, 4.69) is 10.3 Å². The number of nitrogens with one attached hydrogen (secondary N) is 2. The number of benzene rings is 1. The molecule has 1 aromatic carbocycles. The molecule has 1 fully saturated rings. The van der Waals surface area contributed by atoms with Gasteiger partial charge in [0.1, 0.15) is 5.82 Å². The average molecular weight is 345 g/mol. The highest BCUT2D eigenvalue weighted by Crippen LogP contribution is 2.42. The molecule has 2 N–H and O–H groups in total. The van der Waals surface area contributed by atoms with Crippen LogP contribution in [-0.4, -0.2) is 15.5 Å². The molecule has 0 bridgehead atoms. The lowest BCUT2D eigenvalue weighted by atomic mass is 9.77. The molecule has 0 atom stereocenters. The Hall–Kier alpha value is -2.70. The first-order valence-corrected chi connectivity index (χ1v) is 8.26. The van der Waals surface area contributed by atoms with Crippen LogP contribution in [0.1, 0.15) is 36.8 Å². The minimum Gasteiger partial charge on any atom is -0.351 e. The minimum absolute atomic E-state index is 0.0154. The third-order valence-corrected chi connectivity index (χ3v) is 4.90. The molecule has 1 aliphatic carbocycles. The van der Waals surface area contributed by atoms with Crippen molar-refractivity contribution in [2.24, 2.45) is 7.05 Å². The van der Waals surface area contributed by atoms with Crippen LogP contribution in [0.3, 0.4) is 0 Å². The van der Waals surface area contributed by atoms with Gasteiger partial charge < -0.3 is 9.88 Å². The van der Waals surface area contributed by atoms with E-state index in [0.717, 1.165) is 12.8 Å². The summed E-state index contributed by atoms with van der Waals surface area (Å²) < 4.78 is 15.5. The predicted molar refractivity (Wildman–Crippen MR) is 90.7 cm³/mol. The first-order chi connectivity index (χ1) is 11.9. The molecule has 1 aliphatic rings. The molecule has 7 heteroatoms. The molecule has 0 saturated heterocycles. The summed E-state index contributed by atoms with van der Waals surface area (Å²) in [6.45, 7) is -0.0154. The summed E-state index contributed by atoms with van der Waals surface area (Å²) in [7, 11) is 1.52. The summed E-state index contributed by atoms with van der Waals surface area (Å²) >= 11 is 0. The molecule has 0 unspecified atom stereocenters. The van der Waals surface area contributed by atoms with Crippen molar-refractivity contribution >= 4 is 5.91 Å². The number of aromatic nitrogens is 2. The maximum absolute atomic E-state index is 14.3. The van der Waals surface area contributed by atoms with E-state index >= 15 is 0 Å². The molecular formula is C18H20FN3O3. The van der Waals surface area contributed by atoms with Crippen molar-refractivity contribution in [3.05, 3.63) is 68.2 Å². The molecule has 6 nitrogen and oxygen atoms in total. The highest BCUT2D eigenvalue weighted by Gasteiger charge is 2.44. The maximum Gasteiger partial charge on any atom is 0.328 e.